The number of unbranched alkanes of at least 4 members (excludes halogenated alkanes) is 1. The maximum Gasteiger partial charge on any atom is 0.407 e. The summed E-state index contributed by atoms with van der Waals surface area (Å²) in [5.41, 5.74) is 4.54. The number of rotatable bonds is 11. The van der Waals surface area contributed by atoms with E-state index in [1.807, 2.05) is 31.2 Å². The average Bonchev–Trinajstić information content (AvgIpc) is 3.16. The molecule has 182 valence electrons. The summed E-state index contributed by atoms with van der Waals surface area (Å²) in [6.07, 6.45) is 1.45. The van der Waals surface area contributed by atoms with E-state index in [1.54, 1.807) is 13.8 Å². The summed E-state index contributed by atoms with van der Waals surface area (Å²) in [4.78, 5) is 38.6. The highest BCUT2D eigenvalue weighted by molar-refractivity contribution is 5.86. The van der Waals surface area contributed by atoms with Crippen molar-refractivity contribution in [2.24, 2.45) is 5.92 Å². The minimum absolute atomic E-state index is 0.0634. The fourth-order valence-corrected chi connectivity index (χ4v) is 4.45. The summed E-state index contributed by atoms with van der Waals surface area (Å²) in [5, 5.41) is 12.0. The highest BCUT2D eigenvalue weighted by atomic mass is 16.5. The topological polar surface area (TPSA) is 95.9 Å². The van der Waals surface area contributed by atoms with Crippen LogP contribution in [-0.4, -0.2) is 53.7 Å². The molecular weight excluding hydrogens is 432 g/mol. The Morgan fingerprint density at radius 1 is 1.03 bits per heavy atom. The van der Waals surface area contributed by atoms with E-state index in [2.05, 4.69) is 29.6 Å². The number of hydrogen-bond donors (Lipinski definition) is 2. The number of fused-ring (bicyclic) bond motifs is 3. The minimum atomic E-state index is -0.958. The molecule has 0 saturated carbocycles. The van der Waals surface area contributed by atoms with E-state index in [0.29, 0.717) is 13.0 Å². The van der Waals surface area contributed by atoms with Gasteiger partial charge in [0, 0.05) is 19.0 Å². The third-order valence-electron chi connectivity index (χ3n) is 6.39. The predicted octanol–water partition coefficient (Wildman–Crippen LogP) is 4.65. The normalized spacial score (nSPS) is 14.0. The van der Waals surface area contributed by atoms with Gasteiger partial charge in [-0.15, -0.1) is 0 Å². The second kappa shape index (κ2) is 11.7. The number of ether oxygens (including phenoxy) is 1. The van der Waals surface area contributed by atoms with E-state index in [1.165, 1.54) is 4.90 Å². The fraction of sp³-hybridized carbons (Fsp3) is 0.444. The predicted molar refractivity (Wildman–Crippen MR) is 131 cm³/mol. The zero-order valence-electron chi connectivity index (χ0n) is 20.1. The van der Waals surface area contributed by atoms with Crippen LogP contribution in [0.1, 0.15) is 57.1 Å². The number of nitrogens with one attached hydrogen (secondary N) is 1. The van der Waals surface area contributed by atoms with E-state index < -0.39 is 24.0 Å². The van der Waals surface area contributed by atoms with Gasteiger partial charge < -0.3 is 20.1 Å². The van der Waals surface area contributed by atoms with Gasteiger partial charge in [-0.3, -0.25) is 9.59 Å². The van der Waals surface area contributed by atoms with Gasteiger partial charge in [0.2, 0.25) is 5.91 Å². The van der Waals surface area contributed by atoms with Gasteiger partial charge in [0.15, 0.2) is 0 Å². The smallest absolute Gasteiger partial charge is 0.407 e. The molecule has 3 rings (SSSR count). The van der Waals surface area contributed by atoms with Crippen molar-refractivity contribution >= 4 is 18.0 Å². The minimum Gasteiger partial charge on any atom is -0.481 e. The van der Waals surface area contributed by atoms with Crippen LogP contribution in [-0.2, 0) is 14.3 Å². The van der Waals surface area contributed by atoms with Gasteiger partial charge in [-0.05, 0) is 35.6 Å². The number of alkyl carbamates (subject to hydrolysis) is 1. The molecule has 1 aliphatic rings. The Labute approximate surface area is 201 Å². The molecule has 0 heterocycles. The van der Waals surface area contributed by atoms with Crippen LogP contribution in [0.4, 0.5) is 4.79 Å². The summed E-state index contributed by atoms with van der Waals surface area (Å²) in [6, 6.07) is 15.5. The molecule has 7 heteroatoms. The molecule has 2 atom stereocenters. The Balaban J connectivity index is 1.67. The number of benzene rings is 2. The van der Waals surface area contributed by atoms with Crippen LogP contribution in [0, 0.1) is 5.92 Å². The summed E-state index contributed by atoms with van der Waals surface area (Å²) in [5.74, 6) is -1.99. The van der Waals surface area contributed by atoms with Crippen molar-refractivity contribution in [1.29, 1.82) is 0 Å². The summed E-state index contributed by atoms with van der Waals surface area (Å²) >= 11 is 0. The Kier molecular flexibility index (Phi) is 8.68. The van der Waals surface area contributed by atoms with Crippen molar-refractivity contribution in [2.75, 3.05) is 19.7 Å². The van der Waals surface area contributed by atoms with Gasteiger partial charge in [0.1, 0.15) is 12.6 Å². The Bertz CT molecular complexity index is 976. The molecule has 0 aromatic heterocycles. The number of carboxylic acid groups (broad SMARTS) is 1. The van der Waals surface area contributed by atoms with Crippen molar-refractivity contribution in [3.63, 3.8) is 0 Å². The molecule has 2 amide bonds. The van der Waals surface area contributed by atoms with Crippen molar-refractivity contribution in [2.45, 2.75) is 52.0 Å². The van der Waals surface area contributed by atoms with Crippen LogP contribution >= 0.6 is 0 Å². The lowest BCUT2D eigenvalue weighted by atomic mass is 9.98. The van der Waals surface area contributed by atoms with Crippen LogP contribution in [0.25, 0.3) is 11.1 Å². The third kappa shape index (κ3) is 5.76. The molecule has 0 aliphatic heterocycles. The molecule has 1 aliphatic carbocycles. The Morgan fingerprint density at radius 3 is 2.15 bits per heavy atom. The number of nitrogens with zero attached hydrogens (tertiary/aromatic N) is 1. The number of hydrogen-bond acceptors (Lipinski definition) is 4. The molecule has 0 spiro atoms. The van der Waals surface area contributed by atoms with Crippen LogP contribution in [0.15, 0.2) is 48.5 Å². The lowest BCUT2D eigenvalue weighted by Gasteiger charge is -2.28. The van der Waals surface area contributed by atoms with Gasteiger partial charge in [-0.1, -0.05) is 75.2 Å². The number of amides is 2. The SMILES string of the molecule is CCCC[C@H](NC(=O)OCC1c2ccccc2-c2ccccc21)C(=O)N(CC)CC(C)C(=O)O. The largest absolute Gasteiger partial charge is 0.481 e. The molecule has 1 unspecified atom stereocenters. The highest BCUT2D eigenvalue weighted by Gasteiger charge is 2.31. The summed E-state index contributed by atoms with van der Waals surface area (Å²) in [7, 11) is 0. The van der Waals surface area contributed by atoms with E-state index >= 15 is 0 Å². The number of carbonyl (C=O) groups excluding carboxylic acids is 2. The van der Waals surface area contributed by atoms with Gasteiger partial charge in [0.25, 0.3) is 0 Å². The second-order valence-electron chi connectivity index (χ2n) is 8.78. The molecule has 7 nitrogen and oxygen atoms in total. The number of aliphatic carboxylic acids is 1. The van der Waals surface area contributed by atoms with Gasteiger partial charge >= 0.3 is 12.1 Å². The van der Waals surface area contributed by atoms with E-state index in [9.17, 15) is 19.5 Å². The van der Waals surface area contributed by atoms with Crippen molar-refractivity contribution < 1.29 is 24.2 Å². The van der Waals surface area contributed by atoms with E-state index in [4.69, 9.17) is 4.74 Å². The molecule has 34 heavy (non-hydrogen) atoms. The fourth-order valence-electron chi connectivity index (χ4n) is 4.45. The Hall–Kier alpha value is -3.35. The van der Waals surface area contributed by atoms with Crippen LogP contribution in [0.3, 0.4) is 0 Å². The number of carboxylic acids is 1. The van der Waals surface area contributed by atoms with Gasteiger partial charge in [-0.2, -0.15) is 0 Å². The highest BCUT2D eigenvalue weighted by Crippen LogP contribution is 2.44. The lowest BCUT2D eigenvalue weighted by molar-refractivity contribution is -0.143. The molecule has 0 bridgehead atoms. The first-order valence-electron chi connectivity index (χ1n) is 12.0. The van der Waals surface area contributed by atoms with Crippen molar-refractivity contribution in [3.05, 3.63) is 59.7 Å². The molecule has 0 radical (unpaired) electrons. The summed E-state index contributed by atoms with van der Waals surface area (Å²) in [6.45, 7) is 6.01. The molecule has 2 N–H and O–H groups in total. The standard InChI is InChI=1S/C27H34N2O5/c1-4-6-15-24(25(30)29(5-2)16-18(3)26(31)32)28-27(33)34-17-23-21-13-9-7-11-19(21)20-12-8-10-14-22(20)23/h7-14,18,23-24H,4-6,15-17H2,1-3H3,(H,28,33)(H,31,32)/t18?,24-/m0/s1. The molecule has 2 aromatic rings. The molecular formula is C27H34N2O5. The third-order valence-corrected chi connectivity index (χ3v) is 6.39. The number of likely N-dealkylation sites (N-methyl/N-ethyl adjacent to an activating group) is 1. The first kappa shape index (κ1) is 25.3. The number of carbonyl (C=O) groups is 3. The van der Waals surface area contributed by atoms with Crippen LogP contribution < -0.4 is 5.32 Å². The zero-order valence-corrected chi connectivity index (χ0v) is 20.1. The molecule has 0 fully saturated rings. The van der Waals surface area contributed by atoms with Gasteiger partial charge in [0.05, 0.1) is 5.92 Å². The molecule has 2 aromatic carbocycles. The zero-order chi connectivity index (χ0) is 24.7. The maximum atomic E-state index is 13.1. The van der Waals surface area contributed by atoms with Crippen LogP contribution in [0.2, 0.25) is 0 Å². The van der Waals surface area contributed by atoms with E-state index in [0.717, 1.165) is 35.1 Å². The average molecular weight is 467 g/mol. The van der Waals surface area contributed by atoms with Gasteiger partial charge in [-0.25, -0.2) is 4.79 Å². The molecule has 0 saturated heterocycles. The monoisotopic (exact) mass is 466 g/mol. The summed E-state index contributed by atoms with van der Waals surface area (Å²) < 4.78 is 5.62. The maximum absolute atomic E-state index is 13.1. The quantitative estimate of drug-likeness (QED) is 0.502. The van der Waals surface area contributed by atoms with Crippen LogP contribution in [0.5, 0.6) is 0 Å². The second-order valence-corrected chi connectivity index (χ2v) is 8.78. The lowest BCUT2D eigenvalue weighted by Crippen LogP contribution is -2.50. The van der Waals surface area contributed by atoms with Crippen molar-refractivity contribution in [1.82, 2.24) is 10.2 Å². The first-order valence-corrected chi connectivity index (χ1v) is 12.0. The van der Waals surface area contributed by atoms with E-state index in [-0.39, 0.29) is 25.0 Å². The Morgan fingerprint density at radius 2 is 1.62 bits per heavy atom. The van der Waals surface area contributed by atoms with Crippen molar-refractivity contribution in [3.8, 4) is 11.1 Å². The first-order chi connectivity index (χ1) is 16.4.